The summed E-state index contributed by atoms with van der Waals surface area (Å²) in [5, 5.41) is 0. The minimum atomic E-state index is -0.447. The van der Waals surface area contributed by atoms with Crippen LogP contribution in [0.15, 0.2) is 54.7 Å². The summed E-state index contributed by atoms with van der Waals surface area (Å²) >= 11 is 0. The lowest BCUT2D eigenvalue weighted by Crippen LogP contribution is -2.61. The maximum atomic E-state index is 15.3. The van der Waals surface area contributed by atoms with Gasteiger partial charge in [0.2, 0.25) is 0 Å². The fourth-order valence-corrected chi connectivity index (χ4v) is 5.82. The van der Waals surface area contributed by atoms with Crippen molar-refractivity contribution in [2.24, 2.45) is 5.92 Å². The SMILES string of the molecule is COCCC(c1nccc(C)c1F)N1CC(C)N(C)C(C(=O)[N+](=CC(C)C)Cc2ccc(-c3cc(OC)ccc3F)cc2)C1. The summed E-state index contributed by atoms with van der Waals surface area (Å²) in [6, 6.07) is 13.2. The molecule has 2 heterocycles. The lowest BCUT2D eigenvalue weighted by molar-refractivity contribution is -0.466. The van der Waals surface area contributed by atoms with Crippen molar-refractivity contribution in [3.63, 3.8) is 0 Å². The van der Waals surface area contributed by atoms with Crippen LogP contribution in [0, 0.1) is 24.5 Å². The second kappa shape index (κ2) is 15.0. The number of nitrogens with zero attached hydrogens (tertiary/aromatic N) is 4. The zero-order chi connectivity index (χ0) is 32.0. The van der Waals surface area contributed by atoms with Crippen LogP contribution in [0.1, 0.15) is 50.1 Å². The van der Waals surface area contributed by atoms with Crippen LogP contribution in [0.25, 0.3) is 11.1 Å². The van der Waals surface area contributed by atoms with E-state index in [-0.39, 0.29) is 35.5 Å². The number of carbonyl (C=O) groups is 1. The second-order valence-corrected chi connectivity index (χ2v) is 12.0. The molecule has 7 nitrogen and oxygen atoms in total. The van der Waals surface area contributed by atoms with E-state index in [9.17, 15) is 9.18 Å². The minimum absolute atomic E-state index is 0.0242. The van der Waals surface area contributed by atoms with Gasteiger partial charge in [-0.2, -0.15) is 4.58 Å². The number of ether oxygens (including phenoxy) is 2. The van der Waals surface area contributed by atoms with Gasteiger partial charge in [0.25, 0.3) is 0 Å². The Bertz CT molecular complexity index is 1460. The summed E-state index contributed by atoms with van der Waals surface area (Å²) in [6.07, 6.45) is 4.16. The molecule has 1 saturated heterocycles. The molecule has 44 heavy (non-hydrogen) atoms. The Labute approximate surface area is 260 Å². The van der Waals surface area contributed by atoms with Crippen LogP contribution in [-0.4, -0.2) is 84.5 Å². The molecule has 236 valence electrons. The average molecular weight is 608 g/mol. The highest BCUT2D eigenvalue weighted by atomic mass is 19.1. The van der Waals surface area contributed by atoms with Crippen molar-refractivity contribution in [2.75, 3.05) is 41.0 Å². The van der Waals surface area contributed by atoms with Gasteiger partial charge in [-0.15, -0.1) is 0 Å². The molecule has 1 aromatic heterocycles. The second-order valence-electron chi connectivity index (χ2n) is 12.0. The summed E-state index contributed by atoms with van der Waals surface area (Å²) in [5.41, 5.74) is 3.05. The third-order valence-electron chi connectivity index (χ3n) is 8.39. The number of halogens is 2. The highest BCUT2D eigenvalue weighted by Crippen LogP contribution is 2.31. The van der Waals surface area contributed by atoms with Crippen molar-refractivity contribution in [3.8, 4) is 16.9 Å². The molecular weight excluding hydrogens is 562 g/mol. The topological polar surface area (TPSA) is 57.9 Å². The van der Waals surface area contributed by atoms with Gasteiger partial charge in [0, 0.05) is 56.1 Å². The van der Waals surface area contributed by atoms with Gasteiger partial charge in [-0.1, -0.05) is 38.1 Å². The fraction of sp³-hybridized carbons (Fsp3) is 0.457. The van der Waals surface area contributed by atoms with Crippen LogP contribution >= 0.6 is 0 Å². The Morgan fingerprint density at radius 1 is 1.11 bits per heavy atom. The van der Waals surface area contributed by atoms with E-state index in [4.69, 9.17) is 9.47 Å². The molecular formula is C35H45F2N4O3+. The molecule has 0 bridgehead atoms. The third-order valence-corrected chi connectivity index (χ3v) is 8.39. The number of aromatic nitrogens is 1. The molecule has 1 aliphatic heterocycles. The normalized spacial score (nSPS) is 18.9. The fourth-order valence-electron chi connectivity index (χ4n) is 5.82. The van der Waals surface area contributed by atoms with Crippen molar-refractivity contribution in [3.05, 3.63) is 83.2 Å². The van der Waals surface area contributed by atoms with Gasteiger partial charge in [-0.05, 0) is 62.7 Å². The number of hydrogen-bond acceptors (Lipinski definition) is 6. The minimum Gasteiger partial charge on any atom is -0.497 e. The molecule has 9 heteroatoms. The molecule has 0 aliphatic carbocycles. The third kappa shape index (κ3) is 7.75. The summed E-state index contributed by atoms with van der Waals surface area (Å²) in [4.78, 5) is 23.0. The van der Waals surface area contributed by atoms with Crippen LogP contribution in [0.2, 0.25) is 0 Å². The van der Waals surface area contributed by atoms with Crippen LogP contribution in [-0.2, 0) is 16.1 Å². The Morgan fingerprint density at radius 3 is 2.50 bits per heavy atom. The molecule has 3 unspecified atom stereocenters. The van der Waals surface area contributed by atoms with Gasteiger partial charge in [-0.25, -0.2) is 13.6 Å². The summed E-state index contributed by atoms with van der Waals surface area (Å²) in [6.45, 7) is 9.83. The first-order chi connectivity index (χ1) is 21.0. The van der Waals surface area contributed by atoms with Crippen LogP contribution in [0.3, 0.4) is 0 Å². The molecule has 1 fully saturated rings. The van der Waals surface area contributed by atoms with Gasteiger partial charge in [0.15, 0.2) is 12.8 Å². The van der Waals surface area contributed by atoms with E-state index in [1.54, 1.807) is 50.1 Å². The predicted octanol–water partition coefficient (Wildman–Crippen LogP) is 5.89. The van der Waals surface area contributed by atoms with E-state index in [1.807, 2.05) is 51.4 Å². The van der Waals surface area contributed by atoms with Crippen molar-refractivity contribution in [2.45, 2.75) is 58.8 Å². The van der Waals surface area contributed by atoms with Crippen LogP contribution in [0.5, 0.6) is 5.75 Å². The Hall–Kier alpha value is -3.53. The summed E-state index contributed by atoms with van der Waals surface area (Å²) in [7, 11) is 5.17. The van der Waals surface area contributed by atoms with Crippen molar-refractivity contribution in [1.82, 2.24) is 14.8 Å². The molecule has 3 aromatic rings. The van der Waals surface area contributed by atoms with E-state index >= 15 is 4.39 Å². The van der Waals surface area contributed by atoms with Crippen molar-refractivity contribution >= 4 is 12.1 Å². The maximum absolute atomic E-state index is 15.3. The lowest BCUT2D eigenvalue weighted by Gasteiger charge is -2.44. The summed E-state index contributed by atoms with van der Waals surface area (Å²) in [5.74, 6) is 0.0524. The van der Waals surface area contributed by atoms with Crippen molar-refractivity contribution < 1.29 is 27.6 Å². The van der Waals surface area contributed by atoms with Gasteiger partial charge < -0.3 is 9.47 Å². The number of rotatable bonds is 11. The molecule has 1 aliphatic rings. The zero-order valence-corrected chi connectivity index (χ0v) is 26.9. The number of pyridine rings is 1. The first-order valence-electron chi connectivity index (χ1n) is 15.2. The van der Waals surface area contributed by atoms with E-state index in [0.717, 1.165) is 11.1 Å². The first kappa shape index (κ1) is 33.4. The number of benzene rings is 2. The Morgan fingerprint density at radius 2 is 1.84 bits per heavy atom. The first-order valence-corrected chi connectivity index (χ1v) is 15.2. The van der Waals surface area contributed by atoms with E-state index in [1.165, 1.54) is 6.07 Å². The van der Waals surface area contributed by atoms with Gasteiger partial charge >= 0.3 is 5.91 Å². The molecule has 0 spiro atoms. The molecule has 1 amide bonds. The zero-order valence-electron chi connectivity index (χ0n) is 26.9. The van der Waals surface area contributed by atoms with E-state index in [0.29, 0.717) is 55.2 Å². The predicted molar refractivity (Wildman–Crippen MR) is 169 cm³/mol. The molecule has 0 saturated carbocycles. The number of likely N-dealkylation sites (N-methyl/N-ethyl adjacent to an activating group) is 1. The van der Waals surface area contributed by atoms with Crippen molar-refractivity contribution in [1.29, 1.82) is 0 Å². The highest BCUT2D eigenvalue weighted by Gasteiger charge is 2.42. The molecule has 0 radical (unpaired) electrons. The average Bonchev–Trinajstić information content (AvgIpc) is 3.00. The molecule has 0 N–H and O–H groups in total. The molecule has 3 atom stereocenters. The highest BCUT2D eigenvalue weighted by molar-refractivity contribution is 5.78. The number of aryl methyl sites for hydroxylation is 1. The number of methoxy groups -OCH3 is 2. The van der Waals surface area contributed by atoms with Gasteiger partial charge in [0.1, 0.15) is 23.4 Å². The Balaban J connectivity index is 1.60. The smallest absolute Gasteiger partial charge is 0.405 e. The molecule has 2 aromatic carbocycles. The lowest BCUT2D eigenvalue weighted by atomic mass is 9.99. The van der Waals surface area contributed by atoms with Crippen LogP contribution in [0.4, 0.5) is 8.78 Å². The largest absolute Gasteiger partial charge is 0.497 e. The Kier molecular flexibility index (Phi) is 11.4. The van der Waals surface area contributed by atoms with Gasteiger partial charge in [0.05, 0.1) is 18.8 Å². The molecule has 4 rings (SSSR count). The van der Waals surface area contributed by atoms with E-state index < -0.39 is 6.04 Å². The number of hydrogen-bond donors (Lipinski definition) is 0. The van der Waals surface area contributed by atoms with E-state index in [2.05, 4.69) is 21.7 Å². The number of amides is 1. The number of carbonyl (C=O) groups excluding carboxylic acids is 1. The maximum Gasteiger partial charge on any atom is 0.405 e. The summed E-state index contributed by atoms with van der Waals surface area (Å²) < 4.78 is 42.4. The van der Waals surface area contributed by atoms with Gasteiger partial charge in [-0.3, -0.25) is 14.8 Å². The van der Waals surface area contributed by atoms with Crippen LogP contribution < -0.4 is 4.74 Å². The quantitative estimate of drug-likeness (QED) is 0.200. The standard InChI is InChI=1S/C35H45F2N4O3/c1-23(2)19-41(21-26-8-10-27(11-9-26)29-18-28(44-7)12-13-30(29)36)35(42)32-22-40(20-25(4)39(32)5)31(15-17-43-6)34-33(37)24(3)14-16-38-34/h8-14,16,18-19,23,25,31-32H,15,17,20-22H2,1-7H3/q+1. The monoisotopic (exact) mass is 607 g/mol. The number of piperazine rings is 1.